The van der Waals surface area contributed by atoms with Crippen LogP contribution >= 0.6 is 34.8 Å². The van der Waals surface area contributed by atoms with E-state index in [1.54, 1.807) is 48.5 Å². The maximum absolute atomic E-state index is 12.9. The van der Waals surface area contributed by atoms with Crippen molar-refractivity contribution in [2.24, 2.45) is 0 Å². The molecule has 1 aliphatic rings. The third-order valence-corrected chi connectivity index (χ3v) is 5.78. The van der Waals surface area contributed by atoms with E-state index in [9.17, 15) is 14.4 Å². The van der Waals surface area contributed by atoms with Crippen LogP contribution in [-0.2, 0) is 16.1 Å². The molecule has 0 radical (unpaired) electrons. The van der Waals surface area contributed by atoms with Gasteiger partial charge in [0.2, 0.25) is 0 Å². The van der Waals surface area contributed by atoms with Gasteiger partial charge in [0, 0.05) is 11.3 Å². The number of nitrogens with one attached hydrogen (secondary N) is 2. The van der Waals surface area contributed by atoms with Crippen LogP contribution in [0.25, 0.3) is 0 Å². The Labute approximate surface area is 197 Å². The predicted molar refractivity (Wildman–Crippen MR) is 122 cm³/mol. The SMILES string of the molecule is O=C(NCc1ccco1)c1ccc(NC2=C(Cl)C(=O)N(c3cccc(Cl)c3Cl)C2=O)cc1. The number of amides is 3. The number of benzene rings is 2. The van der Waals surface area contributed by atoms with Gasteiger partial charge in [-0.1, -0.05) is 40.9 Å². The van der Waals surface area contributed by atoms with Crippen LogP contribution in [0, 0.1) is 0 Å². The summed E-state index contributed by atoms with van der Waals surface area (Å²) in [6.45, 7) is 0.257. The molecule has 1 aromatic heterocycles. The molecule has 32 heavy (non-hydrogen) atoms. The van der Waals surface area contributed by atoms with Crippen molar-refractivity contribution in [3.8, 4) is 0 Å². The van der Waals surface area contributed by atoms with Crippen LogP contribution < -0.4 is 15.5 Å². The topological polar surface area (TPSA) is 91.7 Å². The number of furan rings is 1. The molecule has 0 bridgehead atoms. The van der Waals surface area contributed by atoms with E-state index < -0.39 is 11.8 Å². The Kier molecular flexibility index (Phi) is 6.23. The number of anilines is 2. The Morgan fingerprint density at radius 1 is 0.938 bits per heavy atom. The Hall–Kier alpha value is -3.26. The molecular weight excluding hydrogens is 477 g/mol. The lowest BCUT2D eigenvalue weighted by Crippen LogP contribution is -2.32. The average molecular weight is 491 g/mol. The molecule has 4 rings (SSSR count). The van der Waals surface area contributed by atoms with Crippen molar-refractivity contribution in [2.45, 2.75) is 6.54 Å². The normalized spacial score (nSPS) is 13.7. The van der Waals surface area contributed by atoms with Crippen LogP contribution in [0.2, 0.25) is 10.0 Å². The molecule has 7 nitrogen and oxygen atoms in total. The number of nitrogens with zero attached hydrogens (tertiary/aromatic N) is 1. The first-order chi connectivity index (χ1) is 15.4. The van der Waals surface area contributed by atoms with E-state index >= 15 is 0 Å². The minimum atomic E-state index is -0.725. The predicted octanol–water partition coefficient (Wildman–Crippen LogP) is 4.95. The molecular formula is C22H14Cl3N3O4. The highest BCUT2D eigenvalue weighted by Gasteiger charge is 2.40. The van der Waals surface area contributed by atoms with Gasteiger partial charge in [0.25, 0.3) is 17.7 Å². The van der Waals surface area contributed by atoms with E-state index in [4.69, 9.17) is 39.2 Å². The Balaban J connectivity index is 1.47. The number of hydrogen-bond donors (Lipinski definition) is 2. The lowest BCUT2D eigenvalue weighted by atomic mass is 10.2. The van der Waals surface area contributed by atoms with Gasteiger partial charge in [0.15, 0.2) is 0 Å². The monoisotopic (exact) mass is 489 g/mol. The zero-order valence-electron chi connectivity index (χ0n) is 16.2. The van der Waals surface area contributed by atoms with Crippen LogP contribution in [0.5, 0.6) is 0 Å². The van der Waals surface area contributed by atoms with Gasteiger partial charge in [-0.05, 0) is 48.5 Å². The average Bonchev–Trinajstić information content (AvgIpc) is 3.38. The first-order valence-electron chi connectivity index (χ1n) is 9.27. The number of carbonyl (C=O) groups excluding carboxylic acids is 3. The van der Waals surface area contributed by atoms with Gasteiger partial charge in [-0.2, -0.15) is 0 Å². The summed E-state index contributed by atoms with van der Waals surface area (Å²) >= 11 is 18.3. The summed E-state index contributed by atoms with van der Waals surface area (Å²) in [5, 5.41) is 5.55. The second-order valence-electron chi connectivity index (χ2n) is 6.67. The summed E-state index contributed by atoms with van der Waals surface area (Å²) in [6.07, 6.45) is 1.53. The molecule has 2 heterocycles. The highest BCUT2D eigenvalue weighted by molar-refractivity contribution is 6.54. The molecule has 0 fully saturated rings. The molecule has 1 aliphatic heterocycles. The van der Waals surface area contributed by atoms with Crippen LogP contribution in [-0.4, -0.2) is 17.7 Å². The summed E-state index contributed by atoms with van der Waals surface area (Å²) in [5.74, 6) is -1.06. The minimum Gasteiger partial charge on any atom is -0.467 e. The maximum Gasteiger partial charge on any atom is 0.283 e. The van der Waals surface area contributed by atoms with Crippen LogP contribution in [0.4, 0.5) is 11.4 Å². The Morgan fingerprint density at radius 3 is 2.38 bits per heavy atom. The molecule has 10 heteroatoms. The number of rotatable bonds is 6. The maximum atomic E-state index is 12.9. The van der Waals surface area contributed by atoms with Crippen LogP contribution in [0.15, 0.2) is 76.0 Å². The van der Waals surface area contributed by atoms with Crippen LogP contribution in [0.1, 0.15) is 16.1 Å². The zero-order chi connectivity index (χ0) is 22.8. The highest BCUT2D eigenvalue weighted by atomic mass is 35.5. The van der Waals surface area contributed by atoms with Gasteiger partial charge in [-0.25, -0.2) is 4.90 Å². The van der Waals surface area contributed by atoms with Crippen molar-refractivity contribution in [3.05, 3.63) is 93.0 Å². The summed E-state index contributed by atoms with van der Waals surface area (Å²) < 4.78 is 5.18. The number of carbonyl (C=O) groups is 3. The van der Waals surface area contributed by atoms with Crippen molar-refractivity contribution >= 4 is 63.9 Å². The van der Waals surface area contributed by atoms with Gasteiger partial charge in [0.05, 0.1) is 28.5 Å². The molecule has 0 unspecified atom stereocenters. The zero-order valence-corrected chi connectivity index (χ0v) is 18.5. The molecule has 0 spiro atoms. The summed E-state index contributed by atoms with van der Waals surface area (Å²) in [5.41, 5.74) is 0.889. The second-order valence-corrected chi connectivity index (χ2v) is 7.84. The Morgan fingerprint density at radius 2 is 1.69 bits per heavy atom. The molecule has 2 N–H and O–H groups in total. The van der Waals surface area contributed by atoms with E-state index in [2.05, 4.69) is 10.6 Å². The summed E-state index contributed by atoms with van der Waals surface area (Å²) in [4.78, 5) is 38.6. The lowest BCUT2D eigenvalue weighted by Gasteiger charge is -2.17. The second kappa shape index (κ2) is 9.08. The third-order valence-electron chi connectivity index (χ3n) is 4.62. The van der Waals surface area contributed by atoms with Gasteiger partial charge in [-0.15, -0.1) is 0 Å². The minimum absolute atomic E-state index is 0.0616. The largest absolute Gasteiger partial charge is 0.467 e. The van der Waals surface area contributed by atoms with E-state index in [1.807, 2.05) is 0 Å². The van der Waals surface area contributed by atoms with E-state index in [-0.39, 0.29) is 38.9 Å². The van der Waals surface area contributed by atoms with E-state index in [0.29, 0.717) is 17.0 Å². The third kappa shape index (κ3) is 4.23. The molecule has 2 aromatic carbocycles. The molecule has 162 valence electrons. The molecule has 3 aromatic rings. The van der Waals surface area contributed by atoms with Gasteiger partial charge in [-0.3, -0.25) is 14.4 Å². The van der Waals surface area contributed by atoms with Crippen molar-refractivity contribution < 1.29 is 18.8 Å². The fourth-order valence-electron chi connectivity index (χ4n) is 3.03. The summed E-state index contributed by atoms with van der Waals surface area (Å²) in [6, 6.07) is 14.4. The summed E-state index contributed by atoms with van der Waals surface area (Å²) in [7, 11) is 0. The van der Waals surface area contributed by atoms with Crippen molar-refractivity contribution in [1.82, 2.24) is 5.32 Å². The standard InChI is InChI=1S/C22H14Cl3N3O4/c23-15-4-1-5-16(17(15)24)28-21(30)18(25)19(22(28)31)27-13-8-6-12(7-9-13)20(29)26-11-14-3-2-10-32-14/h1-10,27H,11H2,(H,26,29). The van der Waals surface area contributed by atoms with E-state index in [1.165, 1.54) is 12.3 Å². The van der Waals surface area contributed by atoms with Gasteiger partial charge < -0.3 is 15.1 Å². The van der Waals surface area contributed by atoms with E-state index in [0.717, 1.165) is 4.90 Å². The van der Waals surface area contributed by atoms with Gasteiger partial charge >= 0.3 is 0 Å². The fourth-order valence-corrected chi connectivity index (χ4v) is 3.62. The van der Waals surface area contributed by atoms with Crippen molar-refractivity contribution in [2.75, 3.05) is 10.2 Å². The molecule has 0 atom stereocenters. The first kappa shape index (κ1) is 22.0. The highest BCUT2D eigenvalue weighted by Crippen LogP contribution is 2.37. The molecule has 0 aliphatic carbocycles. The smallest absolute Gasteiger partial charge is 0.283 e. The molecule has 0 saturated carbocycles. The van der Waals surface area contributed by atoms with Gasteiger partial charge in [0.1, 0.15) is 16.5 Å². The quantitative estimate of drug-likeness (QED) is 0.477. The Bertz CT molecular complexity index is 1240. The lowest BCUT2D eigenvalue weighted by molar-refractivity contribution is -0.120. The van der Waals surface area contributed by atoms with Crippen molar-refractivity contribution in [3.63, 3.8) is 0 Å². The van der Waals surface area contributed by atoms with Crippen molar-refractivity contribution in [1.29, 1.82) is 0 Å². The fraction of sp³-hybridized carbons (Fsp3) is 0.0455. The number of halogens is 3. The number of hydrogen-bond acceptors (Lipinski definition) is 5. The number of imide groups is 1. The molecule has 0 saturated heterocycles. The molecule has 3 amide bonds. The van der Waals surface area contributed by atoms with Crippen LogP contribution in [0.3, 0.4) is 0 Å². The first-order valence-corrected chi connectivity index (χ1v) is 10.4.